The van der Waals surface area contributed by atoms with Crippen molar-refractivity contribution in [2.45, 2.75) is 6.92 Å². The first-order valence-electron chi connectivity index (χ1n) is 8.96. The number of hydrogen-bond donors (Lipinski definition) is 2. The van der Waals surface area contributed by atoms with Gasteiger partial charge in [-0.3, -0.25) is 19.8 Å². The molecule has 2 aromatic carbocycles. The maximum atomic E-state index is 12.9. The minimum atomic E-state index is -0.380. The van der Waals surface area contributed by atoms with Crippen LogP contribution in [-0.2, 0) is 9.59 Å². The average Bonchev–Trinajstić information content (AvgIpc) is 3.12. The molecule has 0 aliphatic carbocycles. The van der Waals surface area contributed by atoms with E-state index in [1.807, 2.05) is 31.2 Å². The van der Waals surface area contributed by atoms with Gasteiger partial charge in [-0.1, -0.05) is 35.0 Å². The van der Waals surface area contributed by atoms with Crippen LogP contribution in [0.15, 0.2) is 59.1 Å². The van der Waals surface area contributed by atoms with Gasteiger partial charge in [0.1, 0.15) is 11.5 Å². The molecule has 0 unspecified atom stereocenters. The van der Waals surface area contributed by atoms with E-state index in [9.17, 15) is 14.0 Å². The fraction of sp³-hybridized carbons (Fsp3) is 0.190. The monoisotopic (exact) mass is 396 g/mol. The molecular formula is C21H21FN4O3. The Bertz CT molecular complexity index is 984. The van der Waals surface area contributed by atoms with Crippen LogP contribution in [0.2, 0.25) is 0 Å². The van der Waals surface area contributed by atoms with Gasteiger partial charge in [0, 0.05) is 17.3 Å². The first-order chi connectivity index (χ1) is 13.9. The molecule has 0 saturated carbocycles. The maximum absolute atomic E-state index is 12.9. The predicted molar refractivity (Wildman–Crippen MR) is 108 cm³/mol. The lowest BCUT2D eigenvalue weighted by Gasteiger charge is -2.15. The number of carbonyl (C=O) groups is 2. The minimum Gasteiger partial charge on any atom is -0.338 e. The molecule has 2 amide bonds. The van der Waals surface area contributed by atoms with Crippen LogP contribution < -0.4 is 10.6 Å². The number of nitrogens with one attached hydrogen (secondary N) is 2. The highest BCUT2D eigenvalue weighted by Gasteiger charge is 2.14. The minimum absolute atomic E-state index is 0.00415. The number of amides is 2. The van der Waals surface area contributed by atoms with E-state index in [1.54, 1.807) is 18.0 Å². The third-order valence-electron chi connectivity index (χ3n) is 4.08. The Hall–Kier alpha value is -3.52. The SMILES string of the molecule is Cc1ccc(-c2cc(NC(=O)CN(C)CC(=O)Nc3ccc(F)cc3)on2)cc1. The Morgan fingerprint density at radius 2 is 1.62 bits per heavy atom. The largest absolute Gasteiger partial charge is 0.338 e. The second-order valence-corrected chi connectivity index (χ2v) is 6.72. The predicted octanol–water partition coefficient (Wildman–Crippen LogP) is 3.30. The molecule has 7 nitrogen and oxygen atoms in total. The van der Waals surface area contributed by atoms with E-state index in [0.29, 0.717) is 11.4 Å². The van der Waals surface area contributed by atoms with Crippen LogP contribution in [0, 0.1) is 12.7 Å². The van der Waals surface area contributed by atoms with Gasteiger partial charge in [0.2, 0.25) is 17.7 Å². The summed E-state index contributed by atoms with van der Waals surface area (Å²) in [4.78, 5) is 25.7. The Morgan fingerprint density at radius 1 is 1.00 bits per heavy atom. The summed E-state index contributed by atoms with van der Waals surface area (Å²) in [5, 5.41) is 9.22. The summed E-state index contributed by atoms with van der Waals surface area (Å²) in [5.41, 5.74) is 3.12. The molecule has 2 N–H and O–H groups in total. The van der Waals surface area contributed by atoms with Gasteiger partial charge in [0.05, 0.1) is 13.1 Å². The summed E-state index contributed by atoms with van der Waals surface area (Å²) in [6, 6.07) is 14.9. The van der Waals surface area contributed by atoms with Crippen molar-refractivity contribution in [2.24, 2.45) is 0 Å². The van der Waals surface area contributed by atoms with E-state index in [-0.39, 0.29) is 36.6 Å². The number of aryl methyl sites for hydroxylation is 1. The Morgan fingerprint density at radius 3 is 2.28 bits per heavy atom. The van der Waals surface area contributed by atoms with E-state index in [4.69, 9.17) is 4.52 Å². The molecule has 3 aromatic rings. The van der Waals surface area contributed by atoms with Crippen molar-refractivity contribution in [1.29, 1.82) is 0 Å². The van der Waals surface area contributed by atoms with Crippen LogP contribution in [0.25, 0.3) is 11.3 Å². The molecule has 0 saturated heterocycles. The lowest BCUT2D eigenvalue weighted by molar-refractivity contribution is -0.119. The highest BCUT2D eigenvalue weighted by atomic mass is 19.1. The summed E-state index contributed by atoms with van der Waals surface area (Å²) < 4.78 is 18.1. The summed E-state index contributed by atoms with van der Waals surface area (Å²) >= 11 is 0. The molecule has 0 atom stereocenters. The molecule has 0 spiro atoms. The molecule has 0 aliphatic heterocycles. The van der Waals surface area contributed by atoms with E-state index >= 15 is 0 Å². The van der Waals surface area contributed by atoms with Gasteiger partial charge in [0.25, 0.3) is 0 Å². The summed E-state index contributed by atoms with van der Waals surface area (Å²) in [5.74, 6) is -0.800. The van der Waals surface area contributed by atoms with Crippen LogP contribution in [0.5, 0.6) is 0 Å². The molecule has 0 fully saturated rings. The molecule has 29 heavy (non-hydrogen) atoms. The molecule has 0 aliphatic rings. The molecule has 1 heterocycles. The Kier molecular flexibility index (Phi) is 6.36. The van der Waals surface area contributed by atoms with Crippen LogP contribution >= 0.6 is 0 Å². The number of carbonyl (C=O) groups excluding carboxylic acids is 2. The van der Waals surface area contributed by atoms with E-state index < -0.39 is 0 Å². The normalized spacial score (nSPS) is 10.8. The van der Waals surface area contributed by atoms with Gasteiger partial charge >= 0.3 is 0 Å². The average molecular weight is 396 g/mol. The molecule has 0 radical (unpaired) electrons. The third-order valence-corrected chi connectivity index (χ3v) is 4.08. The molecule has 0 bridgehead atoms. The van der Waals surface area contributed by atoms with Crippen molar-refractivity contribution in [3.63, 3.8) is 0 Å². The van der Waals surface area contributed by atoms with Gasteiger partial charge in [-0.2, -0.15) is 0 Å². The van der Waals surface area contributed by atoms with Crippen molar-refractivity contribution in [1.82, 2.24) is 10.1 Å². The van der Waals surface area contributed by atoms with Gasteiger partial charge in [-0.05, 0) is 38.2 Å². The zero-order valence-corrected chi connectivity index (χ0v) is 16.1. The van der Waals surface area contributed by atoms with Gasteiger partial charge in [0.15, 0.2) is 0 Å². The van der Waals surface area contributed by atoms with E-state index in [2.05, 4.69) is 15.8 Å². The van der Waals surface area contributed by atoms with Crippen LogP contribution in [0.3, 0.4) is 0 Å². The number of rotatable bonds is 7. The van der Waals surface area contributed by atoms with Crippen molar-refractivity contribution < 1.29 is 18.5 Å². The number of hydrogen-bond acceptors (Lipinski definition) is 5. The summed E-state index contributed by atoms with van der Waals surface area (Å²) in [6.45, 7) is 1.97. The van der Waals surface area contributed by atoms with E-state index in [0.717, 1.165) is 11.1 Å². The summed E-state index contributed by atoms with van der Waals surface area (Å²) in [7, 11) is 1.64. The van der Waals surface area contributed by atoms with Gasteiger partial charge < -0.3 is 9.84 Å². The number of benzene rings is 2. The van der Waals surface area contributed by atoms with E-state index in [1.165, 1.54) is 24.3 Å². The van der Waals surface area contributed by atoms with Gasteiger partial charge in [-0.15, -0.1) is 0 Å². The topological polar surface area (TPSA) is 87.5 Å². The third kappa shape index (κ3) is 5.98. The first-order valence-corrected chi connectivity index (χ1v) is 8.96. The number of likely N-dealkylation sites (N-methyl/N-ethyl adjacent to an activating group) is 1. The van der Waals surface area contributed by atoms with Crippen LogP contribution in [-0.4, -0.2) is 42.0 Å². The highest BCUT2D eigenvalue weighted by molar-refractivity contribution is 5.94. The Labute approximate surface area is 167 Å². The standard InChI is InChI=1S/C21H21FN4O3/c1-14-3-5-15(6-4-14)18-11-21(29-25-18)24-20(28)13-26(2)12-19(27)23-17-9-7-16(22)8-10-17/h3-11H,12-13H2,1-2H3,(H,23,27)(H,24,28). The zero-order chi connectivity index (χ0) is 20.8. The van der Waals surface area contributed by atoms with Crippen LogP contribution in [0.1, 0.15) is 5.56 Å². The van der Waals surface area contributed by atoms with Crippen molar-refractivity contribution in [2.75, 3.05) is 30.8 Å². The Balaban J connectivity index is 1.48. The van der Waals surface area contributed by atoms with Crippen molar-refractivity contribution in [3.05, 3.63) is 66.0 Å². The maximum Gasteiger partial charge on any atom is 0.240 e. The number of aromatic nitrogens is 1. The highest BCUT2D eigenvalue weighted by Crippen LogP contribution is 2.22. The van der Waals surface area contributed by atoms with Crippen molar-refractivity contribution >= 4 is 23.4 Å². The quantitative estimate of drug-likeness (QED) is 0.640. The smallest absolute Gasteiger partial charge is 0.240 e. The van der Waals surface area contributed by atoms with Gasteiger partial charge in [-0.25, -0.2) is 4.39 Å². The molecular weight excluding hydrogens is 375 g/mol. The lowest BCUT2D eigenvalue weighted by Crippen LogP contribution is -2.36. The second kappa shape index (κ2) is 9.11. The molecule has 8 heteroatoms. The first kappa shape index (κ1) is 20.2. The fourth-order valence-corrected chi connectivity index (χ4v) is 2.65. The number of halogens is 1. The summed E-state index contributed by atoms with van der Waals surface area (Å²) in [6.07, 6.45) is 0. The number of anilines is 2. The second-order valence-electron chi connectivity index (χ2n) is 6.72. The lowest BCUT2D eigenvalue weighted by atomic mass is 10.1. The molecule has 150 valence electrons. The fourth-order valence-electron chi connectivity index (χ4n) is 2.65. The van der Waals surface area contributed by atoms with Crippen molar-refractivity contribution in [3.8, 4) is 11.3 Å². The molecule has 3 rings (SSSR count). The molecule has 1 aromatic heterocycles. The zero-order valence-electron chi connectivity index (χ0n) is 16.1. The van der Waals surface area contributed by atoms with Crippen LogP contribution in [0.4, 0.5) is 16.0 Å². The number of nitrogens with zero attached hydrogens (tertiary/aromatic N) is 2.